The second-order valence-corrected chi connectivity index (χ2v) is 6.54. The molecule has 0 saturated carbocycles. The van der Waals surface area contributed by atoms with E-state index in [1.54, 1.807) is 59.4 Å². The largest absolute Gasteiger partial charge is 0.493 e. The molecule has 0 spiro atoms. The Morgan fingerprint density at radius 1 is 0.852 bits per heavy atom. The van der Waals surface area contributed by atoms with Gasteiger partial charge in [0.2, 0.25) is 0 Å². The van der Waals surface area contributed by atoms with E-state index in [9.17, 15) is 9.59 Å². The third kappa shape index (κ3) is 4.01. The van der Waals surface area contributed by atoms with E-state index in [0.717, 1.165) is 0 Å². The molecule has 0 aromatic heterocycles. The SMILES string of the molecule is COc1ccc(C(=O)N2CCN(C(=O)c3ccccc3Cl)CC2)cc1OC. The van der Waals surface area contributed by atoms with Gasteiger partial charge in [-0.2, -0.15) is 0 Å². The van der Waals surface area contributed by atoms with Gasteiger partial charge in [-0.1, -0.05) is 23.7 Å². The first kappa shape index (κ1) is 19.0. The van der Waals surface area contributed by atoms with Gasteiger partial charge in [0.1, 0.15) is 0 Å². The van der Waals surface area contributed by atoms with Crippen molar-refractivity contribution in [2.24, 2.45) is 0 Å². The Morgan fingerprint density at radius 2 is 1.44 bits per heavy atom. The molecule has 6 nitrogen and oxygen atoms in total. The van der Waals surface area contributed by atoms with Crippen LogP contribution in [0.2, 0.25) is 5.02 Å². The molecule has 1 aliphatic heterocycles. The maximum absolute atomic E-state index is 12.8. The monoisotopic (exact) mass is 388 g/mol. The molecule has 0 unspecified atom stereocenters. The first-order valence-electron chi connectivity index (χ1n) is 8.60. The molecule has 0 radical (unpaired) electrons. The molecule has 27 heavy (non-hydrogen) atoms. The minimum absolute atomic E-state index is 0.0965. The van der Waals surface area contributed by atoms with E-state index in [1.807, 2.05) is 0 Å². The quantitative estimate of drug-likeness (QED) is 0.808. The highest BCUT2D eigenvalue weighted by atomic mass is 35.5. The predicted octanol–water partition coefficient (Wildman–Crippen LogP) is 2.96. The second-order valence-electron chi connectivity index (χ2n) is 6.13. The van der Waals surface area contributed by atoms with Crippen molar-refractivity contribution in [3.8, 4) is 11.5 Å². The Bertz CT molecular complexity index is 848. The lowest BCUT2D eigenvalue weighted by Crippen LogP contribution is -2.50. The molecule has 1 saturated heterocycles. The molecule has 1 fully saturated rings. The van der Waals surface area contributed by atoms with Crippen molar-refractivity contribution in [2.45, 2.75) is 0 Å². The van der Waals surface area contributed by atoms with E-state index in [-0.39, 0.29) is 11.8 Å². The lowest BCUT2D eigenvalue weighted by atomic mass is 10.1. The van der Waals surface area contributed by atoms with Gasteiger partial charge in [-0.15, -0.1) is 0 Å². The smallest absolute Gasteiger partial charge is 0.255 e. The van der Waals surface area contributed by atoms with Gasteiger partial charge in [-0.05, 0) is 30.3 Å². The topological polar surface area (TPSA) is 59.1 Å². The van der Waals surface area contributed by atoms with Crippen LogP contribution in [-0.2, 0) is 0 Å². The van der Waals surface area contributed by atoms with Crippen molar-refractivity contribution in [1.29, 1.82) is 0 Å². The van der Waals surface area contributed by atoms with Crippen LogP contribution in [-0.4, -0.2) is 62.0 Å². The van der Waals surface area contributed by atoms with Gasteiger partial charge < -0.3 is 19.3 Å². The van der Waals surface area contributed by atoms with Crippen LogP contribution in [0.3, 0.4) is 0 Å². The van der Waals surface area contributed by atoms with E-state index in [4.69, 9.17) is 21.1 Å². The minimum Gasteiger partial charge on any atom is -0.493 e. The van der Waals surface area contributed by atoms with Gasteiger partial charge in [0.25, 0.3) is 11.8 Å². The zero-order valence-corrected chi connectivity index (χ0v) is 16.0. The lowest BCUT2D eigenvalue weighted by molar-refractivity contribution is 0.0535. The first-order chi connectivity index (χ1) is 13.0. The Kier molecular flexibility index (Phi) is 5.86. The highest BCUT2D eigenvalue weighted by molar-refractivity contribution is 6.33. The van der Waals surface area contributed by atoms with Gasteiger partial charge in [0, 0.05) is 31.7 Å². The van der Waals surface area contributed by atoms with Crippen LogP contribution in [0.25, 0.3) is 0 Å². The van der Waals surface area contributed by atoms with Crippen LogP contribution in [0.5, 0.6) is 11.5 Å². The number of benzene rings is 2. The zero-order chi connectivity index (χ0) is 19.4. The van der Waals surface area contributed by atoms with E-state index >= 15 is 0 Å². The summed E-state index contributed by atoms with van der Waals surface area (Å²) in [5.41, 5.74) is 1.01. The average Bonchev–Trinajstić information content (AvgIpc) is 2.72. The third-order valence-electron chi connectivity index (χ3n) is 4.59. The van der Waals surface area contributed by atoms with Crippen LogP contribution >= 0.6 is 11.6 Å². The Labute approximate surface area is 163 Å². The van der Waals surface area contributed by atoms with Gasteiger partial charge in [0.15, 0.2) is 11.5 Å². The molecule has 142 valence electrons. The number of rotatable bonds is 4. The molecule has 0 atom stereocenters. The van der Waals surface area contributed by atoms with Crippen LogP contribution in [0.4, 0.5) is 0 Å². The molecule has 7 heteroatoms. The van der Waals surface area contributed by atoms with Crippen LogP contribution in [0.1, 0.15) is 20.7 Å². The summed E-state index contributed by atoms with van der Waals surface area (Å²) < 4.78 is 10.5. The number of ether oxygens (including phenoxy) is 2. The number of hydrogen-bond donors (Lipinski definition) is 0. The van der Waals surface area contributed by atoms with Crippen molar-refractivity contribution in [3.63, 3.8) is 0 Å². The third-order valence-corrected chi connectivity index (χ3v) is 4.92. The number of nitrogens with zero attached hydrogens (tertiary/aromatic N) is 2. The van der Waals surface area contributed by atoms with Crippen LogP contribution in [0, 0.1) is 0 Å². The summed E-state index contributed by atoms with van der Waals surface area (Å²) >= 11 is 6.12. The average molecular weight is 389 g/mol. The predicted molar refractivity (Wildman–Crippen MR) is 103 cm³/mol. The molecule has 2 aromatic carbocycles. The Morgan fingerprint density at radius 3 is 2.04 bits per heavy atom. The highest BCUT2D eigenvalue weighted by Gasteiger charge is 2.26. The van der Waals surface area contributed by atoms with Crippen LogP contribution < -0.4 is 9.47 Å². The number of methoxy groups -OCH3 is 2. The number of carbonyl (C=O) groups is 2. The summed E-state index contributed by atoms with van der Waals surface area (Å²) in [6, 6.07) is 12.1. The first-order valence-corrected chi connectivity index (χ1v) is 8.98. The van der Waals surface area contributed by atoms with Crippen LogP contribution in [0.15, 0.2) is 42.5 Å². The number of carbonyl (C=O) groups excluding carboxylic acids is 2. The number of halogens is 1. The fraction of sp³-hybridized carbons (Fsp3) is 0.300. The van der Waals surface area contributed by atoms with Crippen molar-refractivity contribution in [2.75, 3.05) is 40.4 Å². The van der Waals surface area contributed by atoms with Crippen molar-refractivity contribution in [1.82, 2.24) is 9.80 Å². The fourth-order valence-corrected chi connectivity index (χ4v) is 3.29. The summed E-state index contributed by atoms with van der Waals surface area (Å²) in [5.74, 6) is 0.875. The normalized spacial score (nSPS) is 14.0. The van der Waals surface area contributed by atoms with Gasteiger partial charge in [-0.3, -0.25) is 9.59 Å². The fourth-order valence-electron chi connectivity index (χ4n) is 3.07. The maximum atomic E-state index is 12.8. The molecule has 2 aromatic rings. The van der Waals surface area contributed by atoms with E-state index < -0.39 is 0 Å². The number of hydrogen-bond acceptors (Lipinski definition) is 4. The van der Waals surface area contributed by atoms with E-state index in [0.29, 0.717) is 53.8 Å². The van der Waals surface area contributed by atoms with Crippen molar-refractivity contribution in [3.05, 3.63) is 58.6 Å². The standard InChI is InChI=1S/C20H21ClN2O4/c1-26-17-8-7-14(13-18(17)27-2)19(24)22-9-11-23(12-10-22)20(25)15-5-3-4-6-16(15)21/h3-8,13H,9-12H2,1-2H3. The number of amides is 2. The van der Waals surface area contributed by atoms with Gasteiger partial charge in [0.05, 0.1) is 24.8 Å². The summed E-state index contributed by atoms with van der Waals surface area (Å²) in [6.07, 6.45) is 0. The lowest BCUT2D eigenvalue weighted by Gasteiger charge is -2.35. The number of piperazine rings is 1. The minimum atomic E-state index is -0.112. The molecular formula is C20H21ClN2O4. The second kappa shape index (κ2) is 8.31. The summed E-state index contributed by atoms with van der Waals surface area (Å²) in [7, 11) is 3.08. The molecule has 0 aliphatic carbocycles. The molecular weight excluding hydrogens is 368 g/mol. The molecule has 0 N–H and O–H groups in total. The molecule has 2 amide bonds. The summed E-state index contributed by atoms with van der Waals surface area (Å²) in [6.45, 7) is 1.85. The Hall–Kier alpha value is -2.73. The molecule has 0 bridgehead atoms. The molecule has 1 aliphatic rings. The van der Waals surface area contributed by atoms with Crippen molar-refractivity contribution < 1.29 is 19.1 Å². The summed E-state index contributed by atoms with van der Waals surface area (Å²) in [4.78, 5) is 28.9. The van der Waals surface area contributed by atoms with Crippen molar-refractivity contribution >= 4 is 23.4 Å². The van der Waals surface area contributed by atoms with E-state index in [1.165, 1.54) is 7.11 Å². The molecule has 3 rings (SSSR count). The maximum Gasteiger partial charge on any atom is 0.255 e. The Balaban J connectivity index is 1.66. The van der Waals surface area contributed by atoms with Gasteiger partial charge >= 0.3 is 0 Å². The zero-order valence-electron chi connectivity index (χ0n) is 15.3. The highest BCUT2D eigenvalue weighted by Crippen LogP contribution is 2.28. The molecule has 1 heterocycles. The van der Waals surface area contributed by atoms with E-state index in [2.05, 4.69) is 0 Å². The van der Waals surface area contributed by atoms with Gasteiger partial charge in [-0.25, -0.2) is 0 Å². The summed E-state index contributed by atoms with van der Waals surface area (Å²) in [5, 5.41) is 0.436.